The minimum Gasteiger partial charge on any atom is -0.496 e. The van der Waals surface area contributed by atoms with Crippen LogP contribution in [0.1, 0.15) is 12.5 Å². The van der Waals surface area contributed by atoms with E-state index in [9.17, 15) is 4.79 Å². The average molecular weight is 204 g/mol. The Balaban J connectivity index is 2.54. The van der Waals surface area contributed by atoms with Crippen molar-refractivity contribution < 1.29 is 14.3 Å². The molecule has 3 nitrogen and oxygen atoms in total. The first kappa shape index (κ1) is 9.77. The standard InChI is InChI=1S/C12H12O3/c1-8-7-15-12(13)11(8)9-5-3-4-6-10(9)14-2/h3-6H,7H2,1-2H3. The number of rotatable bonds is 2. The zero-order valence-electron chi connectivity index (χ0n) is 8.74. The van der Waals surface area contributed by atoms with Gasteiger partial charge in [0.25, 0.3) is 0 Å². The van der Waals surface area contributed by atoms with Gasteiger partial charge in [-0.1, -0.05) is 18.2 Å². The third kappa shape index (κ3) is 1.61. The fraction of sp³-hybridized carbons (Fsp3) is 0.250. The van der Waals surface area contributed by atoms with Gasteiger partial charge in [-0.15, -0.1) is 0 Å². The molecule has 0 aromatic heterocycles. The van der Waals surface area contributed by atoms with E-state index in [0.717, 1.165) is 11.1 Å². The lowest BCUT2D eigenvalue weighted by Gasteiger charge is -2.07. The van der Waals surface area contributed by atoms with Gasteiger partial charge in [0.15, 0.2) is 0 Å². The van der Waals surface area contributed by atoms with E-state index in [0.29, 0.717) is 17.9 Å². The van der Waals surface area contributed by atoms with Crippen LogP contribution in [0.15, 0.2) is 29.8 Å². The number of ether oxygens (including phenoxy) is 2. The molecule has 1 aromatic rings. The molecule has 3 heteroatoms. The molecule has 1 aliphatic rings. The van der Waals surface area contributed by atoms with E-state index in [4.69, 9.17) is 9.47 Å². The molecule has 0 unspecified atom stereocenters. The van der Waals surface area contributed by atoms with Crippen molar-refractivity contribution in [2.45, 2.75) is 6.92 Å². The third-order valence-electron chi connectivity index (χ3n) is 2.43. The van der Waals surface area contributed by atoms with Gasteiger partial charge in [0.05, 0.1) is 12.7 Å². The number of esters is 1. The third-order valence-corrected chi connectivity index (χ3v) is 2.43. The highest BCUT2D eigenvalue weighted by molar-refractivity contribution is 6.20. The molecule has 2 rings (SSSR count). The summed E-state index contributed by atoms with van der Waals surface area (Å²) >= 11 is 0. The summed E-state index contributed by atoms with van der Waals surface area (Å²) in [6.07, 6.45) is 0. The minimum atomic E-state index is -0.267. The van der Waals surface area contributed by atoms with E-state index >= 15 is 0 Å². The largest absolute Gasteiger partial charge is 0.496 e. The lowest BCUT2D eigenvalue weighted by atomic mass is 10.0. The topological polar surface area (TPSA) is 35.5 Å². The van der Waals surface area contributed by atoms with Crippen molar-refractivity contribution >= 4 is 11.5 Å². The first-order chi connectivity index (χ1) is 7.24. The van der Waals surface area contributed by atoms with Crippen LogP contribution in [0.2, 0.25) is 0 Å². The molecule has 0 aliphatic carbocycles. The Bertz CT molecular complexity index is 432. The second kappa shape index (κ2) is 3.77. The van der Waals surface area contributed by atoms with Gasteiger partial charge in [-0.05, 0) is 18.6 Å². The molecule has 78 valence electrons. The van der Waals surface area contributed by atoms with E-state index in [-0.39, 0.29) is 5.97 Å². The van der Waals surface area contributed by atoms with Crippen molar-refractivity contribution in [3.63, 3.8) is 0 Å². The van der Waals surface area contributed by atoms with Crippen LogP contribution in [0.4, 0.5) is 0 Å². The Labute approximate surface area is 88.3 Å². The Morgan fingerprint density at radius 3 is 2.67 bits per heavy atom. The van der Waals surface area contributed by atoms with Crippen LogP contribution in [-0.2, 0) is 9.53 Å². The van der Waals surface area contributed by atoms with Crippen molar-refractivity contribution in [1.29, 1.82) is 0 Å². The highest BCUT2D eigenvalue weighted by atomic mass is 16.5. The van der Waals surface area contributed by atoms with Crippen molar-refractivity contribution in [2.24, 2.45) is 0 Å². The highest BCUT2D eigenvalue weighted by Gasteiger charge is 2.25. The molecule has 1 heterocycles. The first-order valence-corrected chi connectivity index (χ1v) is 4.74. The molecule has 0 atom stereocenters. The maximum absolute atomic E-state index is 11.5. The Morgan fingerprint density at radius 1 is 1.33 bits per heavy atom. The van der Waals surface area contributed by atoms with Gasteiger partial charge in [0.2, 0.25) is 0 Å². The molecule has 0 saturated heterocycles. The van der Waals surface area contributed by atoms with Gasteiger partial charge in [0, 0.05) is 5.56 Å². The molecule has 0 bridgehead atoms. The molecule has 1 aliphatic heterocycles. The number of hydrogen-bond acceptors (Lipinski definition) is 3. The summed E-state index contributed by atoms with van der Waals surface area (Å²) in [5, 5.41) is 0. The fourth-order valence-electron chi connectivity index (χ4n) is 1.68. The predicted molar refractivity (Wildman–Crippen MR) is 56.5 cm³/mol. The number of methoxy groups -OCH3 is 1. The highest BCUT2D eigenvalue weighted by Crippen LogP contribution is 2.32. The maximum atomic E-state index is 11.5. The zero-order chi connectivity index (χ0) is 10.8. The van der Waals surface area contributed by atoms with Crippen LogP contribution in [0.5, 0.6) is 5.75 Å². The van der Waals surface area contributed by atoms with Crippen LogP contribution < -0.4 is 4.74 Å². The van der Waals surface area contributed by atoms with Crippen LogP contribution in [0, 0.1) is 0 Å². The summed E-state index contributed by atoms with van der Waals surface area (Å²) in [4.78, 5) is 11.5. The number of carbonyl (C=O) groups excluding carboxylic acids is 1. The summed E-state index contributed by atoms with van der Waals surface area (Å²) in [6.45, 7) is 2.28. The smallest absolute Gasteiger partial charge is 0.339 e. The van der Waals surface area contributed by atoms with Crippen LogP contribution in [-0.4, -0.2) is 19.7 Å². The van der Waals surface area contributed by atoms with E-state index < -0.39 is 0 Å². The number of para-hydroxylation sites is 1. The van der Waals surface area contributed by atoms with E-state index in [1.807, 2.05) is 31.2 Å². The van der Waals surface area contributed by atoms with Crippen molar-refractivity contribution in [3.05, 3.63) is 35.4 Å². The lowest BCUT2D eigenvalue weighted by Crippen LogP contribution is -2.00. The summed E-state index contributed by atoms with van der Waals surface area (Å²) in [7, 11) is 1.59. The second-order valence-corrected chi connectivity index (χ2v) is 3.43. The van der Waals surface area contributed by atoms with Gasteiger partial charge in [0.1, 0.15) is 12.4 Å². The molecule has 0 N–H and O–H groups in total. The van der Waals surface area contributed by atoms with Gasteiger partial charge in [-0.2, -0.15) is 0 Å². The second-order valence-electron chi connectivity index (χ2n) is 3.43. The Hall–Kier alpha value is -1.77. The molecule has 0 fully saturated rings. The Kier molecular flexibility index (Phi) is 2.46. The molecule has 1 aromatic carbocycles. The molecule has 0 saturated carbocycles. The average Bonchev–Trinajstić information content (AvgIpc) is 2.59. The number of benzene rings is 1. The molecule has 0 radical (unpaired) electrons. The summed E-state index contributed by atoms with van der Waals surface area (Å²) in [6, 6.07) is 7.45. The van der Waals surface area contributed by atoms with Crippen LogP contribution in [0.3, 0.4) is 0 Å². The molecule has 15 heavy (non-hydrogen) atoms. The van der Waals surface area contributed by atoms with Crippen molar-refractivity contribution in [1.82, 2.24) is 0 Å². The maximum Gasteiger partial charge on any atom is 0.339 e. The zero-order valence-corrected chi connectivity index (χ0v) is 8.74. The Morgan fingerprint density at radius 2 is 2.07 bits per heavy atom. The number of carbonyl (C=O) groups is 1. The van der Waals surface area contributed by atoms with E-state index in [2.05, 4.69) is 0 Å². The normalized spacial score (nSPS) is 15.5. The predicted octanol–water partition coefficient (Wildman–Crippen LogP) is 2.03. The number of hydrogen-bond donors (Lipinski definition) is 0. The van der Waals surface area contributed by atoms with Crippen LogP contribution >= 0.6 is 0 Å². The van der Waals surface area contributed by atoms with Gasteiger partial charge in [-0.3, -0.25) is 0 Å². The van der Waals surface area contributed by atoms with Crippen molar-refractivity contribution in [3.8, 4) is 5.75 Å². The van der Waals surface area contributed by atoms with E-state index in [1.54, 1.807) is 7.11 Å². The fourth-order valence-corrected chi connectivity index (χ4v) is 1.68. The monoisotopic (exact) mass is 204 g/mol. The molecular formula is C12H12O3. The lowest BCUT2D eigenvalue weighted by molar-refractivity contribution is -0.134. The SMILES string of the molecule is COc1ccccc1C1=C(C)COC1=O. The summed E-state index contributed by atoms with van der Waals surface area (Å²) < 4.78 is 10.2. The summed E-state index contributed by atoms with van der Waals surface area (Å²) in [5.41, 5.74) is 2.39. The van der Waals surface area contributed by atoms with Crippen molar-refractivity contribution in [2.75, 3.05) is 13.7 Å². The van der Waals surface area contributed by atoms with Crippen LogP contribution in [0.25, 0.3) is 5.57 Å². The van der Waals surface area contributed by atoms with Gasteiger partial charge >= 0.3 is 5.97 Å². The first-order valence-electron chi connectivity index (χ1n) is 4.74. The van der Waals surface area contributed by atoms with Gasteiger partial charge in [-0.25, -0.2) is 4.79 Å². The summed E-state index contributed by atoms with van der Waals surface area (Å²) in [5.74, 6) is 0.433. The molecule has 0 amide bonds. The van der Waals surface area contributed by atoms with Gasteiger partial charge < -0.3 is 9.47 Å². The number of cyclic esters (lactones) is 1. The molecule has 0 spiro atoms. The minimum absolute atomic E-state index is 0.267. The molecular weight excluding hydrogens is 192 g/mol. The van der Waals surface area contributed by atoms with E-state index in [1.165, 1.54) is 0 Å². The quantitative estimate of drug-likeness (QED) is 0.691.